The van der Waals surface area contributed by atoms with E-state index in [0.29, 0.717) is 5.84 Å². The van der Waals surface area contributed by atoms with E-state index in [1.54, 1.807) is 0 Å². The lowest BCUT2D eigenvalue weighted by molar-refractivity contribution is -0.113. The molecular weight excluding hydrogens is 286 g/mol. The molecule has 0 atom stereocenters. The van der Waals surface area contributed by atoms with Crippen LogP contribution in [-0.4, -0.2) is 17.6 Å². The first-order valence-electron chi connectivity index (χ1n) is 7.58. The molecule has 0 spiro atoms. The van der Waals surface area contributed by atoms with Gasteiger partial charge in [0.2, 0.25) is 5.84 Å². The van der Waals surface area contributed by atoms with Crippen molar-refractivity contribution >= 4 is 23.3 Å². The van der Waals surface area contributed by atoms with Gasteiger partial charge >= 0.3 is 0 Å². The molecule has 0 radical (unpaired) electrons. The van der Waals surface area contributed by atoms with Crippen molar-refractivity contribution in [2.24, 2.45) is 9.98 Å². The number of hydrogen-bond acceptors (Lipinski definition) is 2. The number of carbonyl (C=O) groups excluding carboxylic acids is 1. The third-order valence-corrected chi connectivity index (χ3v) is 3.67. The predicted octanol–water partition coefficient (Wildman–Crippen LogP) is 3.59. The second kappa shape index (κ2) is 5.80. The largest absolute Gasteiger partial charge is 0.303 e. The second-order valence-corrected chi connectivity index (χ2v) is 6.51. The Morgan fingerprint density at radius 2 is 1.61 bits per heavy atom. The molecule has 0 aromatic heterocycles. The van der Waals surface area contributed by atoms with E-state index >= 15 is 0 Å². The standard InChI is InChI=1S/C19H19N3O/c1-19(2,3)14-9-11-15(12-10-14)20-17-18(23)22-16(21-17)13-7-5-4-6-8-13/h4-12H,1-3H3,(H,20,21,22,23). The summed E-state index contributed by atoms with van der Waals surface area (Å²) in [5.41, 5.74) is 2.91. The zero-order valence-corrected chi connectivity index (χ0v) is 13.5. The molecule has 0 bridgehead atoms. The Kier molecular flexibility index (Phi) is 3.82. The molecule has 2 aromatic rings. The van der Waals surface area contributed by atoms with Gasteiger partial charge in [0, 0.05) is 5.56 Å². The number of aliphatic imine (C=N–C) groups is 2. The smallest absolute Gasteiger partial charge is 0.294 e. The van der Waals surface area contributed by atoms with Gasteiger partial charge in [-0.05, 0) is 23.1 Å². The Morgan fingerprint density at radius 3 is 2.22 bits per heavy atom. The lowest BCUT2D eigenvalue weighted by atomic mass is 9.87. The minimum Gasteiger partial charge on any atom is -0.303 e. The molecule has 0 unspecified atom stereocenters. The van der Waals surface area contributed by atoms with Gasteiger partial charge in [0.1, 0.15) is 5.84 Å². The van der Waals surface area contributed by atoms with E-state index in [9.17, 15) is 4.79 Å². The maximum absolute atomic E-state index is 12.0. The SMILES string of the molecule is CC(C)(C)c1ccc(N=C2N=C(c3ccccc3)NC2=O)cc1. The molecule has 1 N–H and O–H groups in total. The van der Waals surface area contributed by atoms with Crippen LogP contribution in [0, 0.1) is 0 Å². The van der Waals surface area contributed by atoms with Gasteiger partial charge < -0.3 is 5.32 Å². The first-order chi connectivity index (χ1) is 10.9. The Hall–Kier alpha value is -2.75. The molecule has 1 aliphatic heterocycles. The minimum absolute atomic E-state index is 0.0923. The van der Waals surface area contributed by atoms with Gasteiger partial charge in [-0.1, -0.05) is 63.2 Å². The van der Waals surface area contributed by atoms with Crippen molar-refractivity contribution in [2.45, 2.75) is 26.2 Å². The monoisotopic (exact) mass is 305 g/mol. The lowest BCUT2D eigenvalue weighted by Crippen LogP contribution is -2.27. The number of nitrogens with zero attached hydrogens (tertiary/aromatic N) is 2. The van der Waals surface area contributed by atoms with Crippen molar-refractivity contribution in [1.29, 1.82) is 0 Å². The number of amidine groups is 2. The molecule has 0 saturated carbocycles. The molecule has 2 aromatic carbocycles. The fourth-order valence-corrected chi connectivity index (χ4v) is 2.31. The minimum atomic E-state index is -0.274. The van der Waals surface area contributed by atoms with Crippen LogP contribution < -0.4 is 5.32 Å². The molecule has 4 nitrogen and oxygen atoms in total. The summed E-state index contributed by atoms with van der Waals surface area (Å²) in [6, 6.07) is 17.4. The normalized spacial score (nSPS) is 16.4. The Balaban J connectivity index is 1.88. The number of carbonyl (C=O) groups is 1. The van der Waals surface area contributed by atoms with Crippen molar-refractivity contribution < 1.29 is 4.79 Å². The first-order valence-corrected chi connectivity index (χ1v) is 7.58. The predicted molar refractivity (Wildman–Crippen MR) is 93.4 cm³/mol. The van der Waals surface area contributed by atoms with E-state index in [1.807, 2.05) is 54.6 Å². The number of rotatable bonds is 2. The average Bonchev–Trinajstić information content (AvgIpc) is 2.89. The third kappa shape index (κ3) is 3.37. The molecule has 116 valence electrons. The molecule has 0 aliphatic carbocycles. The molecular formula is C19H19N3O. The van der Waals surface area contributed by atoms with Crippen molar-refractivity contribution in [3.63, 3.8) is 0 Å². The number of amides is 1. The highest BCUT2D eigenvalue weighted by Gasteiger charge is 2.22. The average molecular weight is 305 g/mol. The Labute approximate surface area is 136 Å². The highest BCUT2D eigenvalue weighted by Crippen LogP contribution is 2.24. The van der Waals surface area contributed by atoms with Crippen LogP contribution in [0.4, 0.5) is 5.69 Å². The summed E-state index contributed by atoms with van der Waals surface area (Å²) in [5.74, 6) is 0.455. The topological polar surface area (TPSA) is 53.8 Å². The van der Waals surface area contributed by atoms with Crippen LogP contribution in [0.1, 0.15) is 31.9 Å². The van der Waals surface area contributed by atoms with E-state index in [1.165, 1.54) is 5.56 Å². The molecule has 4 heteroatoms. The van der Waals surface area contributed by atoms with Gasteiger partial charge in [-0.25, -0.2) is 9.98 Å². The van der Waals surface area contributed by atoms with E-state index in [0.717, 1.165) is 11.3 Å². The maximum Gasteiger partial charge on any atom is 0.294 e. The van der Waals surface area contributed by atoms with Crippen LogP contribution in [0.2, 0.25) is 0 Å². The van der Waals surface area contributed by atoms with Crippen LogP contribution in [0.5, 0.6) is 0 Å². The summed E-state index contributed by atoms with van der Waals surface area (Å²) in [6.07, 6.45) is 0. The zero-order chi connectivity index (χ0) is 16.4. The zero-order valence-electron chi connectivity index (χ0n) is 13.5. The van der Waals surface area contributed by atoms with Gasteiger partial charge in [0.15, 0.2) is 0 Å². The van der Waals surface area contributed by atoms with Crippen LogP contribution in [0.25, 0.3) is 0 Å². The molecule has 1 aliphatic rings. The van der Waals surface area contributed by atoms with Gasteiger partial charge in [0.05, 0.1) is 5.69 Å². The number of nitrogens with one attached hydrogen (secondary N) is 1. The second-order valence-electron chi connectivity index (χ2n) is 6.51. The van der Waals surface area contributed by atoms with Crippen molar-refractivity contribution in [2.75, 3.05) is 0 Å². The van der Waals surface area contributed by atoms with Gasteiger partial charge in [0.25, 0.3) is 5.91 Å². The van der Waals surface area contributed by atoms with Gasteiger partial charge in [-0.2, -0.15) is 0 Å². The van der Waals surface area contributed by atoms with Gasteiger partial charge in [-0.15, -0.1) is 0 Å². The molecule has 3 rings (SSSR count). The van der Waals surface area contributed by atoms with Crippen LogP contribution in [-0.2, 0) is 10.2 Å². The highest BCUT2D eigenvalue weighted by atomic mass is 16.2. The highest BCUT2D eigenvalue weighted by molar-refractivity contribution is 6.48. The fourth-order valence-electron chi connectivity index (χ4n) is 2.31. The van der Waals surface area contributed by atoms with Gasteiger partial charge in [-0.3, -0.25) is 4.79 Å². The van der Waals surface area contributed by atoms with Crippen molar-refractivity contribution in [3.05, 3.63) is 65.7 Å². The summed E-state index contributed by atoms with van der Waals surface area (Å²) in [7, 11) is 0. The number of benzene rings is 2. The van der Waals surface area contributed by atoms with Crippen LogP contribution in [0.15, 0.2) is 64.6 Å². The summed E-state index contributed by atoms with van der Waals surface area (Å²) < 4.78 is 0. The summed E-state index contributed by atoms with van der Waals surface area (Å²) >= 11 is 0. The Morgan fingerprint density at radius 1 is 0.957 bits per heavy atom. The molecule has 1 heterocycles. The number of hydrogen-bond donors (Lipinski definition) is 1. The summed E-state index contributed by atoms with van der Waals surface area (Å²) in [4.78, 5) is 20.7. The van der Waals surface area contributed by atoms with E-state index in [4.69, 9.17) is 0 Å². The van der Waals surface area contributed by atoms with E-state index in [-0.39, 0.29) is 17.2 Å². The summed E-state index contributed by atoms with van der Waals surface area (Å²) in [6.45, 7) is 6.48. The molecule has 1 amide bonds. The van der Waals surface area contributed by atoms with E-state index in [2.05, 4.69) is 36.1 Å². The molecule has 23 heavy (non-hydrogen) atoms. The maximum atomic E-state index is 12.0. The van der Waals surface area contributed by atoms with Crippen molar-refractivity contribution in [1.82, 2.24) is 5.32 Å². The lowest BCUT2D eigenvalue weighted by Gasteiger charge is -2.18. The third-order valence-electron chi connectivity index (χ3n) is 3.67. The van der Waals surface area contributed by atoms with E-state index < -0.39 is 0 Å². The fraction of sp³-hybridized carbons (Fsp3) is 0.211. The Bertz CT molecular complexity index is 782. The molecule has 0 saturated heterocycles. The van der Waals surface area contributed by atoms with Crippen molar-refractivity contribution in [3.8, 4) is 0 Å². The van der Waals surface area contributed by atoms with Crippen LogP contribution >= 0.6 is 0 Å². The van der Waals surface area contributed by atoms with Crippen LogP contribution in [0.3, 0.4) is 0 Å². The quantitative estimate of drug-likeness (QED) is 0.905. The first kappa shape index (κ1) is 15.2. The molecule has 0 fully saturated rings. The summed E-state index contributed by atoms with van der Waals surface area (Å²) in [5, 5.41) is 2.76.